The van der Waals surface area contributed by atoms with Crippen LogP contribution in [0.4, 0.5) is 0 Å². The van der Waals surface area contributed by atoms with Gasteiger partial charge in [-0.2, -0.15) is 0 Å². The van der Waals surface area contributed by atoms with Crippen LogP contribution in [0.3, 0.4) is 0 Å². The Morgan fingerprint density at radius 1 is 1.41 bits per heavy atom. The summed E-state index contributed by atoms with van der Waals surface area (Å²) in [6, 6.07) is 4.80. The van der Waals surface area contributed by atoms with Crippen molar-refractivity contribution in [2.45, 2.75) is 24.8 Å². The van der Waals surface area contributed by atoms with Crippen LogP contribution < -0.4 is 5.32 Å². The maximum Gasteiger partial charge on any atom is 0.321 e. The van der Waals surface area contributed by atoms with Gasteiger partial charge in [-0.25, -0.2) is 0 Å². The summed E-state index contributed by atoms with van der Waals surface area (Å²) in [6.45, 7) is 0.753. The number of hydrogen-bond donors (Lipinski definition) is 3. The first kappa shape index (κ1) is 10.6. The number of aromatic hydroxyl groups is 1. The van der Waals surface area contributed by atoms with Crippen LogP contribution in [0, 0.1) is 5.92 Å². The molecule has 1 heterocycles. The second-order valence-corrected chi connectivity index (χ2v) is 5.02. The van der Waals surface area contributed by atoms with E-state index in [1.54, 1.807) is 12.1 Å². The number of piperidine rings is 1. The summed E-state index contributed by atoms with van der Waals surface area (Å²) in [5.41, 5.74) is 2.19. The molecule has 3 N–H and O–H groups in total. The molecule has 3 atom stereocenters. The molecule has 0 saturated carbocycles. The van der Waals surface area contributed by atoms with Crippen LogP contribution in [0.15, 0.2) is 18.2 Å². The Hall–Kier alpha value is -1.55. The maximum absolute atomic E-state index is 11.2. The molecule has 0 spiro atoms. The molecule has 3 rings (SSSR count). The van der Waals surface area contributed by atoms with Gasteiger partial charge in [0.05, 0.1) is 0 Å². The van der Waals surface area contributed by atoms with Crippen molar-refractivity contribution in [3.8, 4) is 5.75 Å². The first-order valence-electron chi connectivity index (χ1n) is 5.93. The number of carbonyl (C=O) groups is 1. The first-order valence-corrected chi connectivity index (χ1v) is 5.93. The lowest BCUT2D eigenvalue weighted by atomic mass is 9.71. The molecule has 0 unspecified atom stereocenters. The van der Waals surface area contributed by atoms with Crippen LogP contribution in [-0.2, 0) is 11.2 Å². The summed E-state index contributed by atoms with van der Waals surface area (Å²) in [5.74, 6) is 0.0124. The Bertz CT molecular complexity index is 472. The van der Waals surface area contributed by atoms with E-state index in [1.165, 1.54) is 0 Å². The fourth-order valence-corrected chi connectivity index (χ4v) is 3.18. The summed E-state index contributed by atoms with van der Waals surface area (Å²) in [4.78, 5) is 11.2. The zero-order valence-electron chi connectivity index (χ0n) is 9.39. The highest BCUT2D eigenvalue weighted by Crippen LogP contribution is 2.40. The summed E-state index contributed by atoms with van der Waals surface area (Å²) in [6.07, 6.45) is 1.86. The van der Waals surface area contributed by atoms with Crippen LogP contribution in [0.25, 0.3) is 0 Å². The van der Waals surface area contributed by atoms with Gasteiger partial charge in [0.1, 0.15) is 11.8 Å². The molecule has 90 valence electrons. The lowest BCUT2D eigenvalue weighted by molar-refractivity contribution is -0.141. The first-order chi connectivity index (χ1) is 8.15. The number of phenols is 1. The molecule has 1 saturated heterocycles. The Labute approximate surface area is 99.3 Å². The minimum absolute atomic E-state index is 0.0376. The smallest absolute Gasteiger partial charge is 0.321 e. The van der Waals surface area contributed by atoms with Gasteiger partial charge in [-0.15, -0.1) is 0 Å². The van der Waals surface area contributed by atoms with Gasteiger partial charge in [0.25, 0.3) is 0 Å². The van der Waals surface area contributed by atoms with Gasteiger partial charge in [-0.3, -0.25) is 4.79 Å². The number of carboxylic acid groups (broad SMARTS) is 1. The number of phenolic OH excluding ortho intramolecular Hbond substituents is 1. The monoisotopic (exact) mass is 233 g/mol. The molecule has 1 aromatic rings. The van der Waals surface area contributed by atoms with E-state index in [1.807, 2.05) is 6.07 Å². The van der Waals surface area contributed by atoms with Crippen molar-refractivity contribution in [3.05, 3.63) is 29.3 Å². The molecule has 1 aliphatic carbocycles. The fourth-order valence-electron chi connectivity index (χ4n) is 3.18. The predicted octanol–water partition coefficient (Wildman–Crippen LogP) is 1.09. The molecule has 0 aromatic heterocycles. The van der Waals surface area contributed by atoms with Crippen LogP contribution in [0.5, 0.6) is 5.75 Å². The molecule has 1 aliphatic heterocycles. The highest BCUT2D eigenvalue weighted by Gasteiger charge is 2.39. The van der Waals surface area contributed by atoms with Gasteiger partial charge in [-0.05, 0) is 48.6 Å². The van der Waals surface area contributed by atoms with Crippen molar-refractivity contribution in [2.75, 3.05) is 6.54 Å². The Kier molecular flexibility index (Phi) is 2.33. The summed E-state index contributed by atoms with van der Waals surface area (Å²) in [7, 11) is 0. The molecule has 2 bridgehead atoms. The highest BCUT2D eigenvalue weighted by molar-refractivity contribution is 5.75. The van der Waals surface area contributed by atoms with Gasteiger partial charge < -0.3 is 15.5 Å². The molecule has 0 radical (unpaired) electrons. The van der Waals surface area contributed by atoms with E-state index in [4.69, 9.17) is 0 Å². The van der Waals surface area contributed by atoms with Crippen LogP contribution in [-0.4, -0.2) is 28.8 Å². The third kappa shape index (κ3) is 1.69. The summed E-state index contributed by atoms with van der Waals surface area (Å²) >= 11 is 0. The number of rotatable bonds is 1. The van der Waals surface area contributed by atoms with E-state index in [9.17, 15) is 15.0 Å². The highest BCUT2D eigenvalue weighted by atomic mass is 16.4. The van der Waals surface area contributed by atoms with Crippen LogP contribution >= 0.6 is 0 Å². The van der Waals surface area contributed by atoms with Gasteiger partial charge in [0, 0.05) is 5.92 Å². The molecule has 1 aromatic carbocycles. The average molecular weight is 233 g/mol. The van der Waals surface area contributed by atoms with E-state index in [0.29, 0.717) is 5.92 Å². The van der Waals surface area contributed by atoms with E-state index < -0.39 is 12.0 Å². The molecular weight excluding hydrogens is 218 g/mol. The Balaban J connectivity index is 2.04. The maximum atomic E-state index is 11.2. The zero-order chi connectivity index (χ0) is 12.0. The minimum Gasteiger partial charge on any atom is -0.508 e. The van der Waals surface area contributed by atoms with Gasteiger partial charge >= 0.3 is 5.97 Å². The lowest BCUT2D eigenvalue weighted by Crippen LogP contribution is -2.51. The Morgan fingerprint density at radius 2 is 2.24 bits per heavy atom. The number of aliphatic carboxylic acids is 1. The topological polar surface area (TPSA) is 69.6 Å². The second kappa shape index (κ2) is 3.74. The molecular formula is C13H15NO3. The third-order valence-electron chi connectivity index (χ3n) is 3.92. The number of fused-ring (bicyclic) bond motifs is 4. The molecule has 4 nitrogen and oxygen atoms in total. The predicted molar refractivity (Wildman–Crippen MR) is 62.1 cm³/mol. The second-order valence-electron chi connectivity index (χ2n) is 5.02. The van der Waals surface area contributed by atoms with Crippen LogP contribution in [0.1, 0.15) is 23.5 Å². The summed E-state index contributed by atoms with van der Waals surface area (Å²) < 4.78 is 0. The molecule has 0 amide bonds. The quantitative estimate of drug-likeness (QED) is 0.679. The van der Waals surface area contributed by atoms with E-state index in [2.05, 4.69) is 5.32 Å². The van der Waals surface area contributed by atoms with E-state index in [0.717, 1.165) is 30.5 Å². The molecule has 4 heteroatoms. The van der Waals surface area contributed by atoms with Gasteiger partial charge in [0.2, 0.25) is 0 Å². The number of carboxylic acids is 1. The lowest BCUT2D eigenvalue weighted by Gasteiger charge is -2.40. The van der Waals surface area contributed by atoms with Crippen molar-refractivity contribution in [1.82, 2.24) is 5.32 Å². The van der Waals surface area contributed by atoms with Crippen molar-refractivity contribution in [3.63, 3.8) is 0 Å². The van der Waals surface area contributed by atoms with Crippen molar-refractivity contribution < 1.29 is 15.0 Å². The normalized spacial score (nSPS) is 30.7. The zero-order valence-corrected chi connectivity index (χ0v) is 9.39. The minimum atomic E-state index is -0.783. The van der Waals surface area contributed by atoms with E-state index >= 15 is 0 Å². The number of nitrogens with one attached hydrogen (secondary N) is 1. The molecule has 17 heavy (non-hydrogen) atoms. The number of benzene rings is 1. The van der Waals surface area contributed by atoms with Crippen molar-refractivity contribution in [2.24, 2.45) is 5.92 Å². The average Bonchev–Trinajstić information content (AvgIpc) is 2.28. The van der Waals surface area contributed by atoms with E-state index in [-0.39, 0.29) is 11.7 Å². The fraction of sp³-hybridized carbons (Fsp3) is 0.462. The third-order valence-corrected chi connectivity index (χ3v) is 3.92. The Morgan fingerprint density at radius 3 is 3.00 bits per heavy atom. The standard InChI is InChI=1S/C13H15NO3/c15-9-1-2-10-8(5-9)3-7-4-11(10)12(13(16)17)14-6-7/h1-2,5,7,11-12,14-15H,3-4,6H2,(H,16,17)/t7-,11-,12+/m1/s1. The van der Waals surface area contributed by atoms with Gasteiger partial charge in [-0.1, -0.05) is 6.07 Å². The summed E-state index contributed by atoms with van der Waals surface area (Å²) in [5, 5.41) is 21.8. The van der Waals surface area contributed by atoms with Gasteiger partial charge in [0.15, 0.2) is 0 Å². The van der Waals surface area contributed by atoms with Crippen LogP contribution in [0.2, 0.25) is 0 Å². The molecule has 1 fully saturated rings. The van der Waals surface area contributed by atoms with Crippen molar-refractivity contribution >= 4 is 5.97 Å². The largest absolute Gasteiger partial charge is 0.508 e. The molecule has 2 aliphatic rings. The number of hydrogen-bond acceptors (Lipinski definition) is 3. The van der Waals surface area contributed by atoms with Crippen molar-refractivity contribution in [1.29, 1.82) is 0 Å². The SMILES string of the molecule is O=C(O)[C@H]1NC[C@@H]2Cc3cc(O)ccc3[C@H]1C2.